The van der Waals surface area contributed by atoms with E-state index in [1.807, 2.05) is 0 Å². The molecular formula is C29H38B2S2. The average Bonchev–Trinajstić information content (AvgIpc) is 2.82. The van der Waals surface area contributed by atoms with Crippen LogP contribution in [-0.2, 0) is 0 Å². The van der Waals surface area contributed by atoms with Crippen LogP contribution in [0.4, 0.5) is 0 Å². The average molecular weight is 472 g/mol. The van der Waals surface area contributed by atoms with E-state index in [2.05, 4.69) is 87.3 Å². The number of hydrogen-bond donors (Lipinski definition) is 2. The Hall–Kier alpha value is -1.51. The van der Waals surface area contributed by atoms with Crippen molar-refractivity contribution in [3.05, 3.63) is 76.0 Å². The van der Waals surface area contributed by atoms with E-state index in [4.69, 9.17) is 25.3 Å². The Bertz CT molecular complexity index is 1100. The molecule has 0 heterocycles. The summed E-state index contributed by atoms with van der Waals surface area (Å²) in [4.78, 5) is 1.93. The molecule has 2 aliphatic carbocycles. The summed E-state index contributed by atoms with van der Waals surface area (Å²) >= 11 is 9.68. The fraction of sp³-hybridized carbons (Fsp3) is 0.379. The van der Waals surface area contributed by atoms with Crippen molar-refractivity contribution in [2.45, 2.75) is 70.1 Å². The van der Waals surface area contributed by atoms with E-state index in [0.29, 0.717) is 11.8 Å². The summed E-state index contributed by atoms with van der Waals surface area (Å²) in [6.07, 6.45) is 16.4. The Balaban J connectivity index is 2.11. The van der Waals surface area contributed by atoms with E-state index in [1.54, 1.807) is 0 Å². The summed E-state index contributed by atoms with van der Waals surface area (Å²) in [6, 6.07) is 0. The molecule has 0 N–H and O–H groups in total. The minimum absolute atomic E-state index is 0.535. The highest BCUT2D eigenvalue weighted by Crippen LogP contribution is 2.43. The van der Waals surface area contributed by atoms with Gasteiger partial charge in [0.15, 0.2) is 0 Å². The van der Waals surface area contributed by atoms with Gasteiger partial charge in [-0.05, 0) is 103 Å². The zero-order chi connectivity index (χ0) is 24.4. The van der Waals surface area contributed by atoms with Gasteiger partial charge in [-0.25, -0.2) is 0 Å². The molecule has 1 aromatic rings. The van der Waals surface area contributed by atoms with Crippen molar-refractivity contribution < 1.29 is 0 Å². The minimum atomic E-state index is 0.535. The van der Waals surface area contributed by atoms with Crippen LogP contribution in [0.2, 0.25) is 0 Å². The molecule has 0 saturated heterocycles. The Kier molecular flexibility index (Phi) is 8.56. The fourth-order valence-corrected chi connectivity index (χ4v) is 6.07. The minimum Gasteiger partial charge on any atom is -0.143 e. The first kappa shape index (κ1) is 26.1. The van der Waals surface area contributed by atoms with Crippen LogP contribution in [0.5, 0.6) is 0 Å². The Labute approximate surface area is 214 Å². The summed E-state index contributed by atoms with van der Waals surface area (Å²) in [5, 5.41) is 0. The third kappa shape index (κ3) is 4.98. The lowest BCUT2D eigenvalue weighted by Crippen LogP contribution is -2.31. The molecule has 0 radical (unpaired) electrons. The highest BCUT2D eigenvalue weighted by molar-refractivity contribution is 7.83. The molecule has 0 saturated carbocycles. The van der Waals surface area contributed by atoms with Crippen LogP contribution in [0, 0.1) is 18.8 Å². The van der Waals surface area contributed by atoms with Crippen molar-refractivity contribution in [3.63, 3.8) is 0 Å². The number of thiol groups is 2. The number of rotatable bonds is 6. The van der Waals surface area contributed by atoms with Gasteiger partial charge in [-0.1, -0.05) is 61.7 Å². The Morgan fingerprint density at radius 3 is 2.58 bits per heavy atom. The summed E-state index contributed by atoms with van der Waals surface area (Å²) in [5.41, 5.74) is 12.8. The third-order valence-corrected chi connectivity index (χ3v) is 8.96. The summed E-state index contributed by atoms with van der Waals surface area (Å²) in [6.45, 7) is 15.8. The zero-order valence-corrected chi connectivity index (χ0v) is 23.3. The number of fused-ring (bicyclic) bond motifs is 1. The summed E-state index contributed by atoms with van der Waals surface area (Å²) < 4.78 is 0. The van der Waals surface area contributed by atoms with Crippen LogP contribution < -0.4 is 10.9 Å². The molecule has 0 nitrogen and oxygen atoms in total. The van der Waals surface area contributed by atoms with Crippen LogP contribution >= 0.6 is 25.3 Å². The van der Waals surface area contributed by atoms with Crippen LogP contribution in [0.25, 0.3) is 5.57 Å². The van der Waals surface area contributed by atoms with Gasteiger partial charge in [0.05, 0.1) is 0 Å². The first-order valence-electron chi connectivity index (χ1n) is 12.3. The number of benzene rings is 1. The second kappa shape index (κ2) is 10.8. The van der Waals surface area contributed by atoms with E-state index in [0.717, 1.165) is 28.2 Å². The monoisotopic (exact) mass is 472 g/mol. The van der Waals surface area contributed by atoms with Crippen LogP contribution in [-0.4, -0.2) is 15.7 Å². The molecular weight excluding hydrogens is 434 g/mol. The van der Waals surface area contributed by atoms with Crippen LogP contribution in [0.3, 0.4) is 0 Å². The third-order valence-electron chi connectivity index (χ3n) is 7.77. The van der Waals surface area contributed by atoms with Crippen molar-refractivity contribution in [1.82, 2.24) is 0 Å². The Morgan fingerprint density at radius 2 is 1.94 bits per heavy atom. The van der Waals surface area contributed by atoms with Gasteiger partial charge in [-0.15, -0.1) is 25.3 Å². The van der Waals surface area contributed by atoms with E-state index in [1.165, 1.54) is 62.8 Å². The maximum atomic E-state index is 4.90. The maximum Gasteiger partial charge on any atom is 0.140 e. The quantitative estimate of drug-likeness (QED) is 0.299. The van der Waals surface area contributed by atoms with Gasteiger partial charge in [0, 0.05) is 9.79 Å². The molecule has 1 aromatic carbocycles. The normalized spacial score (nSPS) is 20.0. The van der Waals surface area contributed by atoms with E-state index in [9.17, 15) is 0 Å². The lowest BCUT2D eigenvalue weighted by molar-refractivity contribution is 0.544. The molecule has 4 heteroatoms. The SMILES string of the molecule is Bc1c(B)c(S)c(S)c(C(=C/C)/C(C)=C\C(=C)C2=C3C=CCCC3CC=C2C(C)CC)c1C. The van der Waals surface area contributed by atoms with Crippen LogP contribution in [0.15, 0.2) is 74.6 Å². The molecule has 33 heavy (non-hydrogen) atoms. The van der Waals surface area contributed by atoms with Crippen molar-refractivity contribution in [2.24, 2.45) is 11.8 Å². The van der Waals surface area contributed by atoms with E-state index in [-0.39, 0.29) is 0 Å². The lowest BCUT2D eigenvalue weighted by Gasteiger charge is -2.32. The molecule has 0 aliphatic heterocycles. The number of hydrogen-bond acceptors (Lipinski definition) is 2. The lowest BCUT2D eigenvalue weighted by atomic mass is 9.72. The molecule has 2 aliphatic rings. The first-order valence-corrected chi connectivity index (χ1v) is 13.2. The van der Waals surface area contributed by atoms with Gasteiger partial charge in [-0.2, -0.15) is 0 Å². The molecule has 2 unspecified atom stereocenters. The fourth-order valence-electron chi connectivity index (χ4n) is 5.34. The van der Waals surface area contributed by atoms with Crippen molar-refractivity contribution in [1.29, 1.82) is 0 Å². The summed E-state index contributed by atoms with van der Waals surface area (Å²) in [5.74, 6) is 1.16. The van der Waals surface area contributed by atoms with Crippen LogP contribution in [0.1, 0.15) is 64.5 Å². The topological polar surface area (TPSA) is 0 Å². The number of allylic oxidation sites excluding steroid dienone is 11. The molecule has 2 atom stereocenters. The molecule has 0 fully saturated rings. The standard InChI is InChI=1S/C29H38B2S2/c1-7-16(3)22-14-13-20-11-9-10-12-23(20)24(22)18(5)15-17(4)21(8-2)25-19(6)26(30)27(31)29(33)28(25)32/h8,10,12,14-16,20,32-33H,5,7,9,11,13,30-31H2,1-4,6H3/b17-15-,21-8+. The zero-order valence-electron chi connectivity index (χ0n) is 21.5. The highest BCUT2D eigenvalue weighted by Gasteiger charge is 2.27. The van der Waals surface area contributed by atoms with Crippen molar-refractivity contribution in [3.8, 4) is 0 Å². The molecule has 0 aromatic heterocycles. The van der Waals surface area contributed by atoms with Gasteiger partial charge in [0.25, 0.3) is 0 Å². The molecule has 172 valence electrons. The van der Waals surface area contributed by atoms with Gasteiger partial charge in [0.2, 0.25) is 0 Å². The van der Waals surface area contributed by atoms with Crippen molar-refractivity contribution >= 4 is 57.4 Å². The van der Waals surface area contributed by atoms with Gasteiger partial charge in [-0.3, -0.25) is 0 Å². The molecule has 0 bridgehead atoms. The predicted molar refractivity (Wildman–Crippen MR) is 160 cm³/mol. The largest absolute Gasteiger partial charge is 0.143 e. The molecule has 0 amide bonds. The molecule has 3 rings (SSSR count). The van der Waals surface area contributed by atoms with Gasteiger partial charge in [0.1, 0.15) is 15.7 Å². The summed E-state index contributed by atoms with van der Waals surface area (Å²) in [7, 11) is 4.31. The first-order chi connectivity index (χ1) is 15.6. The van der Waals surface area contributed by atoms with Gasteiger partial charge >= 0.3 is 0 Å². The van der Waals surface area contributed by atoms with Crippen molar-refractivity contribution in [2.75, 3.05) is 0 Å². The highest BCUT2D eigenvalue weighted by atomic mass is 32.1. The Morgan fingerprint density at radius 1 is 1.24 bits per heavy atom. The molecule has 0 spiro atoms. The van der Waals surface area contributed by atoms with E-state index >= 15 is 0 Å². The van der Waals surface area contributed by atoms with E-state index < -0.39 is 0 Å². The predicted octanol–water partition coefficient (Wildman–Crippen LogP) is 5.63. The maximum absolute atomic E-state index is 4.90. The second-order valence-corrected chi connectivity index (χ2v) is 10.6. The second-order valence-electron chi connectivity index (χ2n) is 9.71. The smallest absolute Gasteiger partial charge is 0.140 e. The van der Waals surface area contributed by atoms with Gasteiger partial charge < -0.3 is 0 Å².